The van der Waals surface area contributed by atoms with Gasteiger partial charge in [0.2, 0.25) is 5.91 Å². The van der Waals surface area contributed by atoms with Gasteiger partial charge in [0, 0.05) is 6.42 Å². The molecule has 0 bridgehead atoms. The number of unbranched alkanes of at least 4 members (excludes halogenated alkanes) is 22. The van der Waals surface area contributed by atoms with Gasteiger partial charge in [0.05, 0.1) is 25.2 Å². The monoisotopic (exact) mass is 998 g/mol. The van der Waals surface area contributed by atoms with Crippen LogP contribution < -0.4 is 5.32 Å². The molecule has 0 saturated heterocycles. The Labute approximate surface area is 444 Å². The summed E-state index contributed by atoms with van der Waals surface area (Å²) in [6.07, 6.45) is 81.5. The van der Waals surface area contributed by atoms with Crippen molar-refractivity contribution in [1.29, 1.82) is 0 Å². The molecule has 0 heterocycles. The van der Waals surface area contributed by atoms with E-state index in [2.05, 4.69) is 135 Å². The van der Waals surface area contributed by atoms with E-state index in [4.69, 9.17) is 4.74 Å². The molecule has 3 atom stereocenters. The summed E-state index contributed by atoms with van der Waals surface area (Å²) in [4.78, 5) is 26.3. The van der Waals surface area contributed by atoms with Crippen molar-refractivity contribution in [3.8, 4) is 0 Å². The number of aliphatic hydroxyl groups excluding tert-OH is 2. The standard InChI is InChI=1S/C66H111NO5/c1-4-7-10-13-16-19-22-25-28-31-32-35-38-41-44-47-50-53-56-59-66(71)72-62(57-54-51-48-45-42-39-36-33-29-26-23-20-17-14-11-8-5-2)60-65(70)67-63(61-68)64(69)58-55-52-49-46-43-40-37-34-30-27-24-21-18-15-12-9-6-3/h8,11,16-17,19-20,25-26,28-29,32,35-36,39,41,44-45,48,54,57,62-64,68-69H,4-7,9-10,12-15,18,21-24,27,30-31,33-34,37-38,40,42-43,46-47,49-53,55-56,58-61H2,1-3H3,(H,67,70)/b11-8-,19-16-,20-17-,28-25-,29-26-,35-32-,39-36-,44-41-,48-45-,57-54-. The Balaban J connectivity index is 4.78. The lowest BCUT2D eigenvalue weighted by atomic mass is 10.0. The summed E-state index contributed by atoms with van der Waals surface area (Å²) in [5.74, 6) is -0.672. The van der Waals surface area contributed by atoms with Crippen LogP contribution in [-0.4, -0.2) is 46.9 Å². The van der Waals surface area contributed by atoms with Crippen LogP contribution in [0.4, 0.5) is 0 Å². The minimum Gasteiger partial charge on any atom is -0.458 e. The molecule has 0 saturated carbocycles. The number of hydrogen-bond donors (Lipinski definition) is 3. The molecule has 0 aromatic heterocycles. The van der Waals surface area contributed by atoms with Gasteiger partial charge in [-0.3, -0.25) is 9.59 Å². The number of esters is 1. The zero-order valence-corrected chi connectivity index (χ0v) is 46.8. The molecule has 1 amide bonds. The van der Waals surface area contributed by atoms with Crippen molar-refractivity contribution in [2.24, 2.45) is 0 Å². The van der Waals surface area contributed by atoms with Crippen molar-refractivity contribution in [1.82, 2.24) is 5.32 Å². The molecule has 0 radical (unpaired) electrons. The second-order valence-electron chi connectivity index (χ2n) is 19.7. The Morgan fingerprint density at radius 3 is 1.19 bits per heavy atom. The van der Waals surface area contributed by atoms with Crippen LogP contribution in [0.3, 0.4) is 0 Å². The highest BCUT2D eigenvalue weighted by Crippen LogP contribution is 2.16. The first-order chi connectivity index (χ1) is 35.5. The summed E-state index contributed by atoms with van der Waals surface area (Å²) >= 11 is 0. The van der Waals surface area contributed by atoms with Crippen LogP contribution in [0.15, 0.2) is 122 Å². The normalized spacial score (nSPS) is 14.0. The molecular weight excluding hydrogens is 887 g/mol. The minimum atomic E-state index is -0.835. The molecule has 0 spiro atoms. The highest BCUT2D eigenvalue weighted by atomic mass is 16.5. The first-order valence-electron chi connectivity index (χ1n) is 29.8. The van der Waals surface area contributed by atoms with Crippen molar-refractivity contribution >= 4 is 11.9 Å². The number of carbonyl (C=O) groups excluding carboxylic acids is 2. The lowest BCUT2D eigenvalue weighted by Gasteiger charge is -2.23. The quantitative estimate of drug-likeness (QED) is 0.0321. The van der Waals surface area contributed by atoms with Gasteiger partial charge in [-0.25, -0.2) is 0 Å². The van der Waals surface area contributed by atoms with E-state index in [1.54, 1.807) is 6.08 Å². The number of aliphatic hydroxyl groups is 2. The predicted molar refractivity (Wildman–Crippen MR) is 314 cm³/mol. The third-order valence-electron chi connectivity index (χ3n) is 12.8. The van der Waals surface area contributed by atoms with Gasteiger partial charge in [-0.15, -0.1) is 0 Å². The number of amides is 1. The molecule has 0 fully saturated rings. The second kappa shape index (κ2) is 58.2. The third-order valence-corrected chi connectivity index (χ3v) is 12.8. The third kappa shape index (κ3) is 52.6. The van der Waals surface area contributed by atoms with Crippen LogP contribution in [0.25, 0.3) is 0 Å². The smallest absolute Gasteiger partial charge is 0.306 e. The molecular formula is C66H111NO5. The van der Waals surface area contributed by atoms with Crippen LogP contribution in [0.2, 0.25) is 0 Å². The highest BCUT2D eigenvalue weighted by molar-refractivity contribution is 5.78. The van der Waals surface area contributed by atoms with E-state index in [-0.39, 0.29) is 24.9 Å². The molecule has 0 aliphatic heterocycles. The van der Waals surface area contributed by atoms with Crippen molar-refractivity contribution in [2.75, 3.05) is 6.61 Å². The Hall–Kier alpha value is -3.74. The Morgan fingerprint density at radius 2 is 0.778 bits per heavy atom. The summed E-state index contributed by atoms with van der Waals surface area (Å²) in [5, 5.41) is 23.9. The fraction of sp³-hybridized carbons (Fsp3) is 0.667. The minimum absolute atomic E-state index is 0.0671. The molecule has 3 N–H and O–H groups in total. The lowest BCUT2D eigenvalue weighted by molar-refractivity contribution is -0.148. The first kappa shape index (κ1) is 68.3. The Kier molecular flexibility index (Phi) is 55.1. The van der Waals surface area contributed by atoms with E-state index in [1.807, 2.05) is 6.08 Å². The number of ether oxygens (including phenoxy) is 1. The van der Waals surface area contributed by atoms with Gasteiger partial charge in [0.15, 0.2) is 0 Å². The van der Waals surface area contributed by atoms with Crippen LogP contribution in [0.5, 0.6) is 0 Å². The van der Waals surface area contributed by atoms with E-state index >= 15 is 0 Å². The Morgan fingerprint density at radius 1 is 0.431 bits per heavy atom. The molecule has 0 aliphatic carbocycles. The summed E-state index contributed by atoms with van der Waals surface area (Å²) in [6.45, 7) is 6.31. The van der Waals surface area contributed by atoms with Gasteiger partial charge in [0.1, 0.15) is 6.10 Å². The molecule has 3 unspecified atom stereocenters. The van der Waals surface area contributed by atoms with Gasteiger partial charge in [-0.05, 0) is 102 Å². The fourth-order valence-electron chi connectivity index (χ4n) is 8.29. The predicted octanol–water partition coefficient (Wildman–Crippen LogP) is 18.8. The van der Waals surface area contributed by atoms with Gasteiger partial charge in [-0.1, -0.05) is 265 Å². The fourth-order valence-corrected chi connectivity index (χ4v) is 8.29. The molecule has 72 heavy (non-hydrogen) atoms. The molecule has 0 aromatic carbocycles. The van der Waals surface area contributed by atoms with E-state index < -0.39 is 18.2 Å². The number of allylic oxidation sites excluding steroid dienone is 19. The molecule has 0 aromatic rings. The van der Waals surface area contributed by atoms with Gasteiger partial charge in [0.25, 0.3) is 0 Å². The molecule has 0 rings (SSSR count). The Bertz CT molecular complexity index is 1490. The van der Waals surface area contributed by atoms with Crippen molar-refractivity contribution in [2.45, 2.75) is 277 Å². The zero-order valence-electron chi connectivity index (χ0n) is 46.8. The zero-order chi connectivity index (χ0) is 52.3. The lowest BCUT2D eigenvalue weighted by Crippen LogP contribution is -2.46. The molecule has 0 aliphatic rings. The molecule has 6 nitrogen and oxygen atoms in total. The van der Waals surface area contributed by atoms with Gasteiger partial charge < -0.3 is 20.3 Å². The number of carbonyl (C=O) groups is 2. The van der Waals surface area contributed by atoms with Crippen LogP contribution in [0, 0.1) is 0 Å². The summed E-state index contributed by atoms with van der Waals surface area (Å²) in [6, 6.07) is -0.759. The summed E-state index contributed by atoms with van der Waals surface area (Å²) in [5.41, 5.74) is 0. The number of hydrogen-bond acceptors (Lipinski definition) is 5. The van der Waals surface area contributed by atoms with E-state index in [0.29, 0.717) is 19.3 Å². The van der Waals surface area contributed by atoms with Gasteiger partial charge >= 0.3 is 5.97 Å². The average molecular weight is 999 g/mol. The topological polar surface area (TPSA) is 95.9 Å². The van der Waals surface area contributed by atoms with Crippen molar-refractivity contribution in [3.63, 3.8) is 0 Å². The first-order valence-corrected chi connectivity index (χ1v) is 29.8. The average Bonchev–Trinajstić information content (AvgIpc) is 3.37. The van der Waals surface area contributed by atoms with E-state index in [9.17, 15) is 19.8 Å². The van der Waals surface area contributed by atoms with Crippen LogP contribution in [0.1, 0.15) is 258 Å². The molecule has 410 valence electrons. The summed E-state index contributed by atoms with van der Waals surface area (Å²) in [7, 11) is 0. The maximum Gasteiger partial charge on any atom is 0.306 e. The van der Waals surface area contributed by atoms with E-state index in [0.717, 1.165) is 96.3 Å². The van der Waals surface area contributed by atoms with E-state index in [1.165, 1.54) is 116 Å². The van der Waals surface area contributed by atoms with Crippen LogP contribution in [-0.2, 0) is 14.3 Å². The van der Waals surface area contributed by atoms with Crippen molar-refractivity contribution < 1.29 is 24.5 Å². The largest absolute Gasteiger partial charge is 0.458 e. The maximum absolute atomic E-state index is 13.3. The molecule has 6 heteroatoms. The number of rotatable bonds is 52. The maximum atomic E-state index is 13.3. The second-order valence-corrected chi connectivity index (χ2v) is 19.7. The SMILES string of the molecule is CC/C=C\C/C=C\C/C=C\C/C=C\C/C=C\C/C=C\C(CC(=O)NC(CO)C(O)CCCCCCCCCCCCCCCCCCC)OC(=O)CCCCC/C=C\C/C=C\C/C=C\C/C=C\CCCCC. The highest BCUT2D eigenvalue weighted by Gasteiger charge is 2.23. The van der Waals surface area contributed by atoms with Crippen molar-refractivity contribution in [3.05, 3.63) is 122 Å². The van der Waals surface area contributed by atoms with Gasteiger partial charge in [-0.2, -0.15) is 0 Å². The summed E-state index contributed by atoms with van der Waals surface area (Å²) < 4.78 is 5.84. The van der Waals surface area contributed by atoms with Crippen LogP contribution >= 0.6 is 0 Å². The number of nitrogens with one attached hydrogen (secondary N) is 1.